The van der Waals surface area contributed by atoms with Crippen molar-refractivity contribution in [2.24, 2.45) is 7.05 Å². The van der Waals surface area contributed by atoms with Gasteiger partial charge in [0.25, 0.3) is 11.8 Å². The molecule has 2 amide bonds. The monoisotopic (exact) mass is 250 g/mol. The molecule has 4 nitrogen and oxygen atoms in total. The van der Waals surface area contributed by atoms with E-state index >= 15 is 0 Å². The van der Waals surface area contributed by atoms with E-state index in [-0.39, 0.29) is 11.8 Å². The van der Waals surface area contributed by atoms with Crippen molar-refractivity contribution in [1.29, 1.82) is 0 Å². The first-order valence-electron chi connectivity index (χ1n) is 6.04. The molecule has 1 N–H and O–H groups in total. The molecule has 0 aliphatic carbocycles. The molecular weight excluding hydrogens is 240 g/mol. The lowest BCUT2D eigenvalue weighted by atomic mass is 10.0. The Bertz CT molecular complexity index is 890. The van der Waals surface area contributed by atoms with Gasteiger partial charge >= 0.3 is 0 Å². The number of hydrogen-bond acceptors (Lipinski definition) is 2. The first-order chi connectivity index (χ1) is 9.18. The molecule has 1 aromatic heterocycles. The highest BCUT2D eigenvalue weighted by Gasteiger charge is 2.30. The van der Waals surface area contributed by atoms with E-state index in [2.05, 4.69) is 5.32 Å². The molecule has 0 spiro atoms. The highest BCUT2D eigenvalue weighted by Crippen LogP contribution is 2.33. The van der Waals surface area contributed by atoms with E-state index < -0.39 is 0 Å². The maximum Gasteiger partial charge on any atom is 0.261 e. The second kappa shape index (κ2) is 3.23. The molecule has 2 aromatic carbocycles. The van der Waals surface area contributed by atoms with Crippen molar-refractivity contribution in [3.8, 4) is 0 Å². The number of rotatable bonds is 0. The molecule has 0 bridgehead atoms. The van der Waals surface area contributed by atoms with Gasteiger partial charge in [0.05, 0.1) is 16.6 Å². The maximum absolute atomic E-state index is 12.0. The summed E-state index contributed by atoms with van der Waals surface area (Å²) in [6, 6.07) is 11.6. The number of amides is 2. The fraction of sp³-hybridized carbons (Fsp3) is 0.0667. The summed E-state index contributed by atoms with van der Waals surface area (Å²) in [5.41, 5.74) is 2.82. The topological polar surface area (TPSA) is 51.1 Å². The van der Waals surface area contributed by atoms with Gasteiger partial charge in [-0.05, 0) is 12.1 Å². The molecule has 0 fully saturated rings. The van der Waals surface area contributed by atoms with E-state index in [4.69, 9.17) is 0 Å². The van der Waals surface area contributed by atoms with Crippen LogP contribution in [0.2, 0.25) is 0 Å². The van der Waals surface area contributed by atoms with E-state index in [9.17, 15) is 9.59 Å². The van der Waals surface area contributed by atoms with Crippen LogP contribution in [0.4, 0.5) is 0 Å². The van der Waals surface area contributed by atoms with E-state index in [1.165, 1.54) is 0 Å². The van der Waals surface area contributed by atoms with Crippen molar-refractivity contribution < 1.29 is 9.59 Å². The first-order valence-corrected chi connectivity index (χ1v) is 6.04. The second-order valence-electron chi connectivity index (χ2n) is 4.74. The van der Waals surface area contributed by atoms with Crippen LogP contribution in [0.1, 0.15) is 20.7 Å². The van der Waals surface area contributed by atoms with Crippen molar-refractivity contribution in [3.05, 3.63) is 47.5 Å². The van der Waals surface area contributed by atoms with Crippen LogP contribution in [0.15, 0.2) is 36.4 Å². The minimum absolute atomic E-state index is 0.309. The number of hydrogen-bond donors (Lipinski definition) is 1. The van der Waals surface area contributed by atoms with Crippen molar-refractivity contribution in [2.45, 2.75) is 0 Å². The van der Waals surface area contributed by atoms with Crippen LogP contribution in [-0.2, 0) is 7.05 Å². The molecule has 0 atom stereocenters. The summed E-state index contributed by atoms with van der Waals surface area (Å²) in [4.78, 5) is 23.7. The minimum atomic E-state index is -0.313. The molecule has 1 aliphatic rings. The lowest BCUT2D eigenvalue weighted by Gasteiger charge is -2.01. The Hall–Kier alpha value is -2.62. The normalized spacial score (nSPS) is 14.2. The standard InChI is InChI=1S/C15H10N2O2/c1-17-11-5-3-2-4-8(11)9-6-7-10-12(13(9)17)15(19)16-14(10)18/h2-7H,1H3,(H,16,18,19). The molecule has 0 saturated carbocycles. The molecular formula is C15H10N2O2. The average molecular weight is 250 g/mol. The molecule has 92 valence electrons. The van der Waals surface area contributed by atoms with Crippen LogP contribution in [0.5, 0.6) is 0 Å². The molecule has 4 rings (SSSR count). The van der Waals surface area contributed by atoms with Crippen molar-refractivity contribution in [2.75, 3.05) is 0 Å². The maximum atomic E-state index is 12.0. The van der Waals surface area contributed by atoms with Crippen LogP contribution < -0.4 is 5.32 Å². The summed E-state index contributed by atoms with van der Waals surface area (Å²) in [7, 11) is 1.92. The molecule has 0 unspecified atom stereocenters. The van der Waals surface area contributed by atoms with E-state index in [1.807, 2.05) is 41.9 Å². The number of carbonyl (C=O) groups excluding carboxylic acids is 2. The highest BCUT2D eigenvalue weighted by atomic mass is 16.2. The molecule has 0 radical (unpaired) electrons. The second-order valence-corrected chi connectivity index (χ2v) is 4.74. The summed E-state index contributed by atoms with van der Waals surface area (Å²) >= 11 is 0. The van der Waals surface area contributed by atoms with Gasteiger partial charge in [0, 0.05) is 23.3 Å². The Labute approximate surface area is 108 Å². The van der Waals surface area contributed by atoms with Gasteiger partial charge in [-0.15, -0.1) is 0 Å². The smallest absolute Gasteiger partial charge is 0.261 e. The summed E-state index contributed by atoms with van der Waals surface area (Å²) in [6.45, 7) is 0. The zero-order valence-electron chi connectivity index (χ0n) is 10.2. The number of imide groups is 1. The van der Waals surface area contributed by atoms with Crippen LogP contribution in [-0.4, -0.2) is 16.4 Å². The molecule has 1 aliphatic heterocycles. The van der Waals surface area contributed by atoms with Gasteiger partial charge in [0.15, 0.2) is 0 Å². The third-order valence-electron chi connectivity index (χ3n) is 3.77. The van der Waals surface area contributed by atoms with Gasteiger partial charge in [-0.2, -0.15) is 0 Å². The summed E-state index contributed by atoms with van der Waals surface area (Å²) in [5, 5.41) is 4.45. The molecule has 2 heterocycles. The van der Waals surface area contributed by atoms with Crippen molar-refractivity contribution in [3.63, 3.8) is 0 Å². The fourth-order valence-electron chi connectivity index (χ4n) is 2.92. The fourth-order valence-corrected chi connectivity index (χ4v) is 2.92. The third kappa shape index (κ3) is 1.13. The molecule has 19 heavy (non-hydrogen) atoms. The van der Waals surface area contributed by atoms with Gasteiger partial charge in [-0.3, -0.25) is 14.9 Å². The van der Waals surface area contributed by atoms with Crippen LogP contribution in [0.25, 0.3) is 21.8 Å². The predicted octanol–water partition coefficient (Wildman–Crippen LogP) is 2.22. The Kier molecular flexibility index (Phi) is 1.75. The number of nitrogens with one attached hydrogen (secondary N) is 1. The Morgan fingerprint density at radius 3 is 2.58 bits per heavy atom. The summed E-state index contributed by atoms with van der Waals surface area (Å²) in [6.07, 6.45) is 0. The third-order valence-corrected chi connectivity index (χ3v) is 3.77. The molecule has 0 saturated heterocycles. The number of para-hydroxylation sites is 1. The zero-order valence-corrected chi connectivity index (χ0v) is 10.2. The first kappa shape index (κ1) is 10.3. The predicted molar refractivity (Wildman–Crippen MR) is 72.2 cm³/mol. The Morgan fingerprint density at radius 2 is 1.74 bits per heavy atom. The highest BCUT2D eigenvalue weighted by molar-refractivity contribution is 6.28. The summed E-state index contributed by atoms with van der Waals surface area (Å²) in [5.74, 6) is -0.622. The lowest BCUT2D eigenvalue weighted by molar-refractivity contribution is 0.0880. The quantitative estimate of drug-likeness (QED) is 0.622. The van der Waals surface area contributed by atoms with Gasteiger partial charge in [0.1, 0.15) is 0 Å². The number of aryl methyl sites for hydroxylation is 1. The Balaban J connectivity index is 2.31. The Morgan fingerprint density at radius 1 is 0.947 bits per heavy atom. The number of fused-ring (bicyclic) bond motifs is 5. The molecule has 3 aromatic rings. The van der Waals surface area contributed by atoms with Gasteiger partial charge in [-0.25, -0.2) is 0 Å². The van der Waals surface area contributed by atoms with Crippen LogP contribution >= 0.6 is 0 Å². The number of nitrogens with zero attached hydrogens (tertiary/aromatic N) is 1. The van der Waals surface area contributed by atoms with Gasteiger partial charge in [0.2, 0.25) is 0 Å². The lowest BCUT2D eigenvalue weighted by Crippen LogP contribution is -2.20. The number of aromatic nitrogens is 1. The summed E-state index contributed by atoms with van der Waals surface area (Å²) < 4.78 is 1.97. The van der Waals surface area contributed by atoms with Crippen LogP contribution in [0.3, 0.4) is 0 Å². The number of carbonyl (C=O) groups is 2. The largest absolute Gasteiger partial charge is 0.343 e. The zero-order chi connectivity index (χ0) is 13.1. The molecule has 4 heteroatoms. The minimum Gasteiger partial charge on any atom is -0.343 e. The van der Waals surface area contributed by atoms with Gasteiger partial charge < -0.3 is 4.57 Å². The van der Waals surface area contributed by atoms with Crippen molar-refractivity contribution >= 4 is 33.6 Å². The van der Waals surface area contributed by atoms with Crippen molar-refractivity contribution in [1.82, 2.24) is 9.88 Å². The van der Waals surface area contributed by atoms with Gasteiger partial charge in [-0.1, -0.05) is 24.3 Å². The van der Waals surface area contributed by atoms with E-state index in [0.29, 0.717) is 11.1 Å². The SMILES string of the molecule is Cn1c2ccccc2c2ccc3c(c21)C(=O)NC3=O. The van der Waals surface area contributed by atoms with Crippen LogP contribution in [0, 0.1) is 0 Å². The number of benzene rings is 2. The van der Waals surface area contributed by atoms with E-state index in [1.54, 1.807) is 6.07 Å². The van der Waals surface area contributed by atoms with E-state index in [0.717, 1.165) is 21.8 Å². The average Bonchev–Trinajstić information content (AvgIpc) is 2.87.